The summed E-state index contributed by atoms with van der Waals surface area (Å²) in [6, 6.07) is 0. The van der Waals surface area contributed by atoms with Crippen LogP contribution in [0.2, 0.25) is 0 Å². The third-order valence-corrected chi connectivity index (χ3v) is 5.59. The fraction of sp³-hybridized carbons (Fsp3) is 0.700. The molecule has 0 aromatic rings. The highest BCUT2D eigenvalue weighted by Gasteiger charge is 2.38. The maximum atomic E-state index is 11.6. The number of carbonyl (C=O) groups is 4. The lowest BCUT2D eigenvalue weighted by Gasteiger charge is -2.27. The summed E-state index contributed by atoms with van der Waals surface area (Å²) in [7, 11) is 0. The van der Waals surface area contributed by atoms with E-state index in [1.807, 2.05) is 5.40 Å². The van der Waals surface area contributed by atoms with Crippen molar-refractivity contribution in [1.29, 1.82) is 5.26 Å². The normalized spacial score (nSPS) is 11.2. The van der Waals surface area contributed by atoms with Crippen molar-refractivity contribution >= 4 is 54.3 Å². The highest BCUT2D eigenvalue weighted by atomic mass is 32.2. The van der Waals surface area contributed by atoms with E-state index >= 15 is 0 Å². The number of hydrogen-bond acceptors (Lipinski definition) is 9. The summed E-state index contributed by atoms with van der Waals surface area (Å²) in [6.45, 7) is 1.64. The fourth-order valence-electron chi connectivity index (χ4n) is 2.86. The van der Waals surface area contributed by atoms with Crippen molar-refractivity contribution in [2.45, 2.75) is 62.4 Å². The quantitative estimate of drug-likeness (QED) is 0.0650. The van der Waals surface area contributed by atoms with Gasteiger partial charge in [-0.1, -0.05) is 6.42 Å². The number of aldehydes is 4. The van der Waals surface area contributed by atoms with E-state index in [-0.39, 0.29) is 12.8 Å². The Morgan fingerprint density at radius 3 is 2.27 bits per heavy atom. The molecule has 8 nitrogen and oxygen atoms in total. The largest absolute Gasteiger partial charge is 0.329 e. The molecule has 0 bridgehead atoms. The van der Waals surface area contributed by atoms with Crippen LogP contribution in [0, 0.1) is 10.7 Å². The van der Waals surface area contributed by atoms with E-state index in [0.717, 1.165) is 44.3 Å². The number of hydrogen-bond donors (Lipinski definition) is 2. The number of rotatable bonds is 21. The number of thiocarbonyl (C=S) groups is 1. The van der Waals surface area contributed by atoms with E-state index in [4.69, 9.17) is 5.26 Å². The van der Waals surface area contributed by atoms with Crippen molar-refractivity contribution in [3.8, 4) is 5.40 Å². The summed E-state index contributed by atoms with van der Waals surface area (Å²) >= 11 is 5.70. The van der Waals surface area contributed by atoms with Crippen molar-refractivity contribution in [2.75, 3.05) is 25.4 Å². The van der Waals surface area contributed by atoms with Crippen LogP contribution in [0.5, 0.6) is 0 Å². The molecular formula is C20H31N4O4S2+. The van der Waals surface area contributed by atoms with Crippen LogP contribution in [0.4, 0.5) is 0 Å². The van der Waals surface area contributed by atoms with Crippen LogP contribution in [-0.2, 0) is 19.2 Å². The Balaban J connectivity index is 4.55. The van der Waals surface area contributed by atoms with Gasteiger partial charge in [-0.25, -0.2) is 4.99 Å². The molecule has 0 aliphatic carbocycles. The molecule has 0 aliphatic rings. The number of nitriles is 1. The first-order valence-corrected chi connectivity index (χ1v) is 11.5. The van der Waals surface area contributed by atoms with Crippen molar-refractivity contribution in [2.24, 2.45) is 4.99 Å². The van der Waals surface area contributed by atoms with Gasteiger partial charge in [-0.05, 0) is 69.0 Å². The monoisotopic (exact) mass is 455 g/mol. The number of thioether (sulfide) groups is 1. The Morgan fingerprint density at radius 2 is 1.67 bits per heavy atom. The third-order valence-electron chi connectivity index (χ3n) is 4.84. The first kappa shape index (κ1) is 28.2. The van der Waals surface area contributed by atoms with E-state index in [2.05, 4.69) is 27.7 Å². The molecule has 0 unspecified atom stereocenters. The molecule has 30 heavy (non-hydrogen) atoms. The van der Waals surface area contributed by atoms with Gasteiger partial charge < -0.3 is 14.9 Å². The molecule has 3 N–H and O–H groups in total. The molecule has 0 atom stereocenters. The topological polar surface area (TPSA) is 133 Å². The summed E-state index contributed by atoms with van der Waals surface area (Å²) in [5.74, 6) is 0.750. The van der Waals surface area contributed by atoms with E-state index in [1.165, 1.54) is 11.8 Å². The second-order valence-electron chi connectivity index (χ2n) is 7.08. The average Bonchev–Trinajstić information content (AvgIpc) is 2.78. The van der Waals surface area contributed by atoms with E-state index in [1.54, 1.807) is 5.32 Å². The molecule has 0 radical (unpaired) electrons. The second-order valence-corrected chi connectivity index (χ2v) is 8.14. The molecule has 0 heterocycles. The molecule has 166 valence electrons. The number of carbonyl (C=O) groups excluding carboxylic acids is 4. The Kier molecular flexibility index (Phi) is 17.0. The second kappa shape index (κ2) is 18.0. The van der Waals surface area contributed by atoms with Crippen LogP contribution < -0.4 is 10.6 Å². The molecule has 0 fully saturated rings. The minimum absolute atomic E-state index is 0.0572. The lowest BCUT2D eigenvalue weighted by atomic mass is 9.87. The lowest BCUT2D eigenvalue weighted by Crippen LogP contribution is -2.98. The van der Waals surface area contributed by atoms with Gasteiger partial charge in [0.2, 0.25) is 5.54 Å². The summed E-state index contributed by atoms with van der Waals surface area (Å²) < 4.78 is 0. The Bertz CT molecular complexity index is 602. The third kappa shape index (κ3) is 12.1. The van der Waals surface area contributed by atoms with Gasteiger partial charge in [0, 0.05) is 18.7 Å². The van der Waals surface area contributed by atoms with E-state index in [0.29, 0.717) is 44.8 Å². The summed E-state index contributed by atoms with van der Waals surface area (Å²) in [4.78, 5) is 50.3. The number of nitrogens with one attached hydrogen (secondary N) is 1. The van der Waals surface area contributed by atoms with Crippen LogP contribution in [-0.4, -0.2) is 66.8 Å². The molecule has 0 saturated heterocycles. The standard InChI is InChI=1S/C20H30N4O4S2/c21-17-30-12-6-2-5-11-24-20(15-27,16-28)8-7-19(13-25,14-26)23-10-4-1-3-9-22-18-29/h13-16,23-24H,1-12H2/p+1. The summed E-state index contributed by atoms with van der Waals surface area (Å²) in [6.07, 6.45) is 7.43. The highest BCUT2D eigenvalue weighted by Crippen LogP contribution is 2.14. The maximum Gasteiger partial charge on any atom is 0.208 e. The van der Waals surface area contributed by atoms with Gasteiger partial charge in [-0.2, -0.15) is 5.26 Å². The van der Waals surface area contributed by atoms with Gasteiger partial charge in [-0.3, -0.25) is 14.9 Å². The fourth-order valence-corrected chi connectivity index (χ4v) is 3.39. The first-order chi connectivity index (χ1) is 14.6. The number of thiocyanates is 1. The number of nitrogens with zero attached hydrogens (tertiary/aromatic N) is 2. The van der Waals surface area contributed by atoms with Gasteiger partial charge >= 0.3 is 0 Å². The predicted octanol–water partition coefficient (Wildman–Crippen LogP) is 0.850. The van der Waals surface area contributed by atoms with Gasteiger partial charge in [0.25, 0.3) is 0 Å². The van der Waals surface area contributed by atoms with Crippen molar-refractivity contribution in [3.63, 3.8) is 0 Å². The van der Waals surface area contributed by atoms with Crippen LogP contribution in [0.3, 0.4) is 0 Å². The van der Waals surface area contributed by atoms with E-state index < -0.39 is 11.1 Å². The minimum Gasteiger partial charge on any atom is -0.329 e. The number of isothiocyanates is 1. The number of quaternary nitrogens is 1. The van der Waals surface area contributed by atoms with Crippen molar-refractivity contribution < 1.29 is 24.5 Å². The molecule has 0 amide bonds. The molecule has 0 rings (SSSR count). The number of nitrogens with two attached hydrogens (primary N) is 1. The minimum atomic E-state index is -1.41. The lowest BCUT2D eigenvalue weighted by molar-refractivity contribution is -0.696. The maximum absolute atomic E-state index is 11.6. The molecule has 0 aromatic carbocycles. The van der Waals surface area contributed by atoms with Gasteiger partial charge in [0.05, 0.1) is 11.7 Å². The average molecular weight is 456 g/mol. The molecule has 0 aliphatic heterocycles. The van der Waals surface area contributed by atoms with Gasteiger partial charge in [0.1, 0.15) is 23.5 Å². The zero-order valence-electron chi connectivity index (χ0n) is 17.2. The van der Waals surface area contributed by atoms with Crippen LogP contribution in [0.1, 0.15) is 51.4 Å². The molecule has 0 saturated carbocycles. The van der Waals surface area contributed by atoms with Gasteiger partial charge in [0.15, 0.2) is 12.6 Å². The molecule has 0 spiro atoms. The highest BCUT2D eigenvalue weighted by molar-refractivity contribution is 8.03. The molecular weight excluding hydrogens is 424 g/mol. The van der Waals surface area contributed by atoms with Crippen LogP contribution in [0.15, 0.2) is 4.99 Å². The Morgan fingerprint density at radius 1 is 0.967 bits per heavy atom. The first-order valence-electron chi connectivity index (χ1n) is 10.1. The smallest absolute Gasteiger partial charge is 0.208 e. The Hall–Kier alpha value is -1.76. The number of unbranched alkanes of at least 4 members (excludes halogenated alkanes) is 4. The van der Waals surface area contributed by atoms with Crippen LogP contribution in [0.25, 0.3) is 0 Å². The Labute approximate surface area is 187 Å². The zero-order valence-corrected chi connectivity index (χ0v) is 18.8. The number of aliphatic imine (C=N–C) groups is 1. The van der Waals surface area contributed by atoms with Crippen molar-refractivity contribution in [1.82, 2.24) is 5.32 Å². The van der Waals surface area contributed by atoms with Crippen LogP contribution >= 0.6 is 24.0 Å². The van der Waals surface area contributed by atoms with E-state index in [9.17, 15) is 19.2 Å². The summed E-state index contributed by atoms with van der Waals surface area (Å²) in [5, 5.41) is 17.4. The van der Waals surface area contributed by atoms with Crippen molar-refractivity contribution in [3.05, 3.63) is 0 Å². The molecule has 0 aromatic heterocycles. The predicted molar refractivity (Wildman–Crippen MR) is 119 cm³/mol. The SMILES string of the molecule is N#CSCCCCCNC(C=O)(C=O)CCC(C=O)(C=O)[NH2+]CCCCCN=C=S. The molecule has 10 heteroatoms. The van der Waals surface area contributed by atoms with Gasteiger partial charge in [-0.15, -0.1) is 0 Å². The summed E-state index contributed by atoms with van der Waals surface area (Å²) in [5.41, 5.74) is -2.72. The zero-order chi connectivity index (χ0) is 22.6.